The van der Waals surface area contributed by atoms with Gasteiger partial charge in [-0.2, -0.15) is 9.97 Å². The second kappa shape index (κ2) is 6.95. The van der Waals surface area contributed by atoms with Crippen LogP contribution in [0.4, 0.5) is 5.82 Å². The van der Waals surface area contributed by atoms with Gasteiger partial charge < -0.3 is 20.1 Å². The van der Waals surface area contributed by atoms with Crippen molar-refractivity contribution in [3.05, 3.63) is 45.9 Å². The third-order valence-corrected chi connectivity index (χ3v) is 6.52. The number of nitrogens with zero attached hydrogens (tertiary/aromatic N) is 4. The average Bonchev–Trinajstić information content (AvgIpc) is 3.31. The molecule has 0 saturated heterocycles. The van der Waals surface area contributed by atoms with Crippen LogP contribution in [0.3, 0.4) is 0 Å². The zero-order valence-electron chi connectivity index (χ0n) is 14.8. The van der Waals surface area contributed by atoms with Gasteiger partial charge in [0.05, 0.1) is 18.5 Å². The lowest BCUT2D eigenvalue weighted by atomic mass is 9.99. The molecule has 1 aromatic carbocycles. The van der Waals surface area contributed by atoms with Crippen molar-refractivity contribution in [3.8, 4) is 0 Å². The maximum absolute atomic E-state index is 10.3. The summed E-state index contributed by atoms with van der Waals surface area (Å²) in [6.45, 7) is 1.13. The van der Waals surface area contributed by atoms with E-state index in [0.717, 1.165) is 16.5 Å². The van der Waals surface area contributed by atoms with E-state index in [1.165, 1.54) is 0 Å². The van der Waals surface area contributed by atoms with Gasteiger partial charge in [-0.3, -0.25) is 0 Å². The van der Waals surface area contributed by atoms with E-state index in [1.54, 1.807) is 6.33 Å². The first kappa shape index (κ1) is 18.3. The minimum absolute atomic E-state index is 0.00391. The molecule has 7 nitrogen and oxygen atoms in total. The Morgan fingerprint density at radius 3 is 2.82 bits per heavy atom. The molecule has 28 heavy (non-hydrogen) atoms. The lowest BCUT2D eigenvalue weighted by Crippen LogP contribution is -2.31. The van der Waals surface area contributed by atoms with Gasteiger partial charge in [0.1, 0.15) is 0 Å². The first-order valence-electron chi connectivity index (χ1n) is 9.24. The zero-order chi connectivity index (χ0) is 19.4. The van der Waals surface area contributed by atoms with Gasteiger partial charge in [0, 0.05) is 23.5 Å². The van der Waals surface area contributed by atoms with Crippen LogP contribution in [0, 0.1) is 17.8 Å². The number of benzene rings is 1. The monoisotopic (exact) mass is 463 g/mol. The van der Waals surface area contributed by atoms with Crippen LogP contribution in [0.2, 0.25) is 5.28 Å². The number of nitrogens with one attached hydrogen (secondary N) is 1. The summed E-state index contributed by atoms with van der Waals surface area (Å²) < 4.78 is 2.91. The van der Waals surface area contributed by atoms with Gasteiger partial charge in [0.2, 0.25) is 5.28 Å². The number of anilines is 1. The van der Waals surface area contributed by atoms with Gasteiger partial charge in [-0.15, -0.1) is 0 Å². The fourth-order valence-corrected chi connectivity index (χ4v) is 4.97. The van der Waals surface area contributed by atoms with Crippen molar-refractivity contribution in [1.29, 1.82) is 0 Å². The number of fused-ring (bicyclic) bond motifs is 2. The average molecular weight is 465 g/mol. The Kier molecular flexibility index (Phi) is 4.54. The molecule has 146 valence electrons. The minimum atomic E-state index is -0.701. The van der Waals surface area contributed by atoms with Crippen molar-refractivity contribution in [2.45, 2.75) is 31.7 Å². The Morgan fingerprint density at radius 2 is 2.07 bits per heavy atom. The van der Waals surface area contributed by atoms with E-state index in [0.29, 0.717) is 36.0 Å². The van der Waals surface area contributed by atoms with Gasteiger partial charge >= 0.3 is 0 Å². The first-order valence-corrected chi connectivity index (χ1v) is 10.4. The van der Waals surface area contributed by atoms with Crippen molar-refractivity contribution in [1.82, 2.24) is 19.5 Å². The molecule has 3 N–H and O–H groups in total. The summed E-state index contributed by atoms with van der Waals surface area (Å²) in [5.74, 6) is 1.18. The van der Waals surface area contributed by atoms with E-state index in [4.69, 9.17) is 11.6 Å². The van der Waals surface area contributed by atoms with E-state index in [-0.39, 0.29) is 17.1 Å². The molecule has 2 aliphatic rings. The second-order valence-corrected chi connectivity index (χ2v) is 8.86. The third-order valence-electron chi connectivity index (χ3n) is 5.86. The number of halogens is 2. The summed E-state index contributed by atoms with van der Waals surface area (Å²) in [4.78, 5) is 13.1. The highest BCUT2D eigenvalue weighted by Crippen LogP contribution is 2.56. The predicted molar refractivity (Wildman–Crippen MR) is 109 cm³/mol. The molecule has 0 spiro atoms. The third kappa shape index (κ3) is 3.18. The Balaban J connectivity index is 1.41. The summed E-state index contributed by atoms with van der Waals surface area (Å²) in [6.07, 6.45) is 1.36. The number of aromatic nitrogens is 4. The fourth-order valence-electron chi connectivity index (χ4n) is 4.36. The number of hydrogen-bond donors (Lipinski definition) is 3. The number of imidazole rings is 1. The summed E-state index contributed by atoms with van der Waals surface area (Å²) in [5.41, 5.74) is 2.36. The number of aliphatic hydroxyl groups excluding tert-OH is 2. The second-order valence-electron chi connectivity index (χ2n) is 7.60. The Labute approximate surface area is 174 Å². The standard InChI is InChI=1S/C19H19BrClN5O2/c20-10-3-1-2-9(4-10)6-22-17-14-18(25-19(21)24-17)26(8-23-14)7-13-11-5-12(11)15(27)16(13)28/h1-4,8,11-13,15-16,27-28H,5-7H2,(H,22,24,25)/t11-,12+,13+,15+,16-/m0/s1. The Morgan fingerprint density at radius 1 is 1.21 bits per heavy atom. The van der Waals surface area contributed by atoms with Gasteiger partial charge in [-0.25, -0.2) is 4.98 Å². The van der Waals surface area contributed by atoms with Crippen molar-refractivity contribution in [3.63, 3.8) is 0 Å². The zero-order valence-corrected chi connectivity index (χ0v) is 17.2. The molecule has 0 bridgehead atoms. The fraction of sp³-hybridized carbons (Fsp3) is 0.421. The van der Waals surface area contributed by atoms with Crippen LogP contribution < -0.4 is 5.32 Å². The smallest absolute Gasteiger partial charge is 0.226 e. The first-order chi connectivity index (χ1) is 13.5. The van der Waals surface area contributed by atoms with E-state index < -0.39 is 12.2 Å². The summed E-state index contributed by atoms with van der Waals surface area (Å²) in [5, 5.41) is 23.8. The molecule has 0 aliphatic heterocycles. The van der Waals surface area contributed by atoms with Crippen LogP contribution in [0.25, 0.3) is 11.2 Å². The highest BCUT2D eigenvalue weighted by atomic mass is 79.9. The predicted octanol–water partition coefficient (Wildman–Crippen LogP) is 2.84. The maximum atomic E-state index is 10.3. The molecule has 2 heterocycles. The topological polar surface area (TPSA) is 96.1 Å². The number of rotatable bonds is 5. The van der Waals surface area contributed by atoms with Crippen molar-refractivity contribution < 1.29 is 10.2 Å². The molecule has 0 unspecified atom stereocenters. The molecule has 5 atom stereocenters. The van der Waals surface area contributed by atoms with Crippen molar-refractivity contribution in [2.75, 3.05) is 5.32 Å². The van der Waals surface area contributed by atoms with E-state index in [9.17, 15) is 10.2 Å². The molecule has 2 saturated carbocycles. The van der Waals surface area contributed by atoms with Crippen molar-refractivity contribution >= 4 is 44.5 Å². The minimum Gasteiger partial charge on any atom is -0.390 e. The van der Waals surface area contributed by atoms with Crippen LogP contribution >= 0.6 is 27.5 Å². The normalized spacial score (nSPS) is 28.5. The molecule has 2 fully saturated rings. The van der Waals surface area contributed by atoms with Gasteiger partial charge in [-0.05, 0) is 47.6 Å². The lowest BCUT2D eigenvalue weighted by molar-refractivity contribution is -0.00373. The highest BCUT2D eigenvalue weighted by molar-refractivity contribution is 9.10. The number of aliphatic hydroxyl groups is 2. The SMILES string of the molecule is O[C@@H]1[C@H](O)[C@@H]2C[C@@H]2[C@H]1Cn1cnc2c(NCc3cccc(Br)c3)nc(Cl)nc21. The van der Waals surface area contributed by atoms with Crippen LogP contribution in [0.1, 0.15) is 12.0 Å². The maximum Gasteiger partial charge on any atom is 0.226 e. The van der Waals surface area contributed by atoms with Crippen LogP contribution in [-0.4, -0.2) is 41.9 Å². The molecule has 9 heteroatoms. The van der Waals surface area contributed by atoms with E-state index in [1.807, 2.05) is 28.8 Å². The molecule has 2 aliphatic carbocycles. The molecule has 0 amide bonds. The summed E-state index contributed by atoms with van der Waals surface area (Å²) in [6, 6.07) is 8.01. The molecular weight excluding hydrogens is 446 g/mol. The summed E-state index contributed by atoms with van der Waals surface area (Å²) in [7, 11) is 0. The summed E-state index contributed by atoms with van der Waals surface area (Å²) >= 11 is 9.64. The van der Waals surface area contributed by atoms with Gasteiger partial charge in [0.15, 0.2) is 17.0 Å². The van der Waals surface area contributed by atoms with E-state index in [2.05, 4.69) is 36.2 Å². The molecular formula is C19H19BrClN5O2. The van der Waals surface area contributed by atoms with Crippen LogP contribution in [0.5, 0.6) is 0 Å². The quantitative estimate of drug-likeness (QED) is 0.503. The van der Waals surface area contributed by atoms with Gasteiger partial charge in [-0.1, -0.05) is 28.1 Å². The molecule has 0 radical (unpaired) electrons. The van der Waals surface area contributed by atoms with E-state index >= 15 is 0 Å². The van der Waals surface area contributed by atoms with Gasteiger partial charge in [0.25, 0.3) is 0 Å². The largest absolute Gasteiger partial charge is 0.390 e. The number of hydrogen-bond acceptors (Lipinski definition) is 6. The Bertz CT molecular complexity index is 1040. The highest BCUT2D eigenvalue weighted by Gasteiger charge is 2.58. The Hall–Kier alpha value is -1.74. The molecule has 2 aromatic heterocycles. The lowest BCUT2D eigenvalue weighted by Gasteiger charge is -2.21. The van der Waals surface area contributed by atoms with Crippen LogP contribution in [0.15, 0.2) is 35.1 Å². The molecule has 3 aromatic rings. The molecule has 5 rings (SSSR count). The van der Waals surface area contributed by atoms with Crippen molar-refractivity contribution in [2.24, 2.45) is 17.8 Å². The van der Waals surface area contributed by atoms with Crippen LogP contribution in [-0.2, 0) is 13.1 Å².